The second kappa shape index (κ2) is 7.67. The Hall–Kier alpha value is -1.06. The summed E-state index contributed by atoms with van der Waals surface area (Å²) < 4.78 is 20.0. The van der Waals surface area contributed by atoms with E-state index in [-0.39, 0.29) is 10.9 Å². The molecule has 0 bridgehead atoms. The van der Waals surface area contributed by atoms with E-state index in [1.165, 1.54) is 29.5 Å². The monoisotopic (exact) mass is 479 g/mol. The van der Waals surface area contributed by atoms with Crippen LogP contribution < -0.4 is 5.32 Å². The second-order valence-corrected chi connectivity index (χ2v) is 8.98. The summed E-state index contributed by atoms with van der Waals surface area (Å²) in [6, 6.07) is 5.79. The van der Waals surface area contributed by atoms with Crippen molar-refractivity contribution in [3.05, 3.63) is 60.6 Å². The summed E-state index contributed by atoms with van der Waals surface area (Å²) >= 11 is 17.7. The Morgan fingerprint density at radius 1 is 1.32 bits per heavy atom. The molecule has 0 aliphatic carbocycles. The number of carbonyl (C=O) groups is 1. The molecule has 0 atom stereocenters. The van der Waals surface area contributed by atoms with Crippen molar-refractivity contribution in [3.8, 4) is 0 Å². The molecule has 1 aromatic carbocycles. The third-order valence-corrected chi connectivity index (χ3v) is 6.69. The summed E-state index contributed by atoms with van der Waals surface area (Å²) in [6.45, 7) is 0. The molecule has 3 rings (SSSR count). The lowest BCUT2D eigenvalue weighted by molar-refractivity contribution is -0.113. The first-order valence-electron chi connectivity index (χ1n) is 6.77. The van der Waals surface area contributed by atoms with Gasteiger partial charge < -0.3 is 5.32 Å². The maximum absolute atomic E-state index is 13.2. The third kappa shape index (κ3) is 4.20. The molecule has 4 nitrogen and oxygen atoms in total. The van der Waals surface area contributed by atoms with Gasteiger partial charge in [-0.05, 0) is 46.3 Å². The van der Waals surface area contributed by atoms with E-state index in [0.29, 0.717) is 22.1 Å². The van der Waals surface area contributed by atoms with Crippen molar-refractivity contribution in [1.82, 2.24) is 4.31 Å². The summed E-state index contributed by atoms with van der Waals surface area (Å²) in [7, 11) is 1.73. The van der Waals surface area contributed by atoms with Crippen molar-refractivity contribution >= 4 is 79.9 Å². The van der Waals surface area contributed by atoms with Gasteiger partial charge in [-0.25, -0.2) is 4.39 Å². The number of carbonyl (C=O) groups excluding carboxylic acids is 1. The Morgan fingerprint density at radius 3 is 2.72 bits per heavy atom. The number of nitrogens with zero attached hydrogens (tertiary/aromatic N) is 2. The van der Waals surface area contributed by atoms with Gasteiger partial charge in [0.25, 0.3) is 5.91 Å². The smallest absolute Gasteiger partial charge is 0.272 e. The lowest BCUT2D eigenvalue weighted by atomic mass is 10.2. The molecule has 1 aromatic heterocycles. The molecule has 130 valence electrons. The first-order valence-corrected chi connectivity index (χ1v) is 9.87. The Bertz CT molecular complexity index is 897. The van der Waals surface area contributed by atoms with E-state index < -0.39 is 5.82 Å². The molecule has 2 aromatic rings. The molecule has 1 aliphatic rings. The molecule has 0 saturated carbocycles. The minimum atomic E-state index is -0.543. The summed E-state index contributed by atoms with van der Waals surface area (Å²) in [5, 5.41) is 3.23. The largest absolute Gasteiger partial charge is 0.321 e. The molecule has 0 unspecified atom stereocenters. The molecular formula is C15H9BrCl2FN3OS2. The van der Waals surface area contributed by atoms with E-state index in [9.17, 15) is 9.18 Å². The van der Waals surface area contributed by atoms with Crippen molar-refractivity contribution in [2.45, 2.75) is 0 Å². The molecule has 0 spiro atoms. The Labute approximate surface area is 170 Å². The van der Waals surface area contributed by atoms with E-state index in [0.717, 1.165) is 20.8 Å². The second-order valence-electron chi connectivity index (χ2n) is 4.90. The number of halogens is 4. The minimum Gasteiger partial charge on any atom is -0.321 e. The van der Waals surface area contributed by atoms with Crippen LogP contribution in [0.5, 0.6) is 0 Å². The first kappa shape index (κ1) is 18.7. The van der Waals surface area contributed by atoms with Crippen LogP contribution in [0, 0.1) is 5.82 Å². The molecule has 10 heteroatoms. The van der Waals surface area contributed by atoms with Crippen molar-refractivity contribution < 1.29 is 9.18 Å². The van der Waals surface area contributed by atoms with Crippen molar-refractivity contribution in [2.75, 3.05) is 12.4 Å². The van der Waals surface area contributed by atoms with Gasteiger partial charge in [0.15, 0.2) is 0 Å². The van der Waals surface area contributed by atoms with Gasteiger partial charge in [0.05, 0.1) is 36.6 Å². The SMILES string of the molecule is CN1SN=C(c2cc(Cl)c(Br)s2)C=C1C(=O)Nc1ccc(F)c(Cl)c1. The minimum absolute atomic E-state index is 0.0570. The Balaban J connectivity index is 1.84. The maximum atomic E-state index is 13.2. The summed E-state index contributed by atoms with van der Waals surface area (Å²) in [5.41, 5.74) is 1.45. The van der Waals surface area contributed by atoms with Crippen LogP contribution in [0.1, 0.15) is 4.88 Å². The van der Waals surface area contributed by atoms with E-state index >= 15 is 0 Å². The van der Waals surface area contributed by atoms with Crippen LogP contribution in [0.3, 0.4) is 0 Å². The molecular weight excluding hydrogens is 472 g/mol. The molecule has 0 fully saturated rings. The summed E-state index contributed by atoms with van der Waals surface area (Å²) in [4.78, 5) is 13.4. The zero-order chi connectivity index (χ0) is 18.1. The standard InChI is InChI=1S/C15H9BrCl2FN3OS2/c1-22-12(15(23)20-7-2-3-10(19)8(17)4-7)6-11(21-25-22)13-5-9(18)14(16)24-13/h2-6H,1H3,(H,20,23). The number of hydrogen-bond donors (Lipinski definition) is 1. The molecule has 1 amide bonds. The number of likely N-dealkylation sites (N-methyl/N-ethyl adjacent to an activating group) is 1. The van der Waals surface area contributed by atoms with Gasteiger partial charge in [0.1, 0.15) is 11.5 Å². The number of anilines is 1. The van der Waals surface area contributed by atoms with Crippen LogP contribution in [0.4, 0.5) is 10.1 Å². The van der Waals surface area contributed by atoms with E-state index in [1.54, 1.807) is 23.5 Å². The van der Waals surface area contributed by atoms with Crippen molar-refractivity contribution in [3.63, 3.8) is 0 Å². The maximum Gasteiger partial charge on any atom is 0.272 e. The Morgan fingerprint density at radius 2 is 2.08 bits per heavy atom. The molecule has 1 N–H and O–H groups in total. The lowest BCUT2D eigenvalue weighted by Gasteiger charge is -2.22. The van der Waals surface area contributed by atoms with E-state index in [2.05, 4.69) is 25.6 Å². The highest BCUT2D eigenvalue weighted by Gasteiger charge is 2.22. The molecule has 0 radical (unpaired) electrons. The fourth-order valence-corrected chi connectivity index (χ4v) is 4.45. The van der Waals surface area contributed by atoms with Crippen LogP contribution in [-0.2, 0) is 4.79 Å². The number of amides is 1. The van der Waals surface area contributed by atoms with E-state index in [1.807, 2.05) is 0 Å². The average Bonchev–Trinajstić information content (AvgIpc) is 2.90. The van der Waals surface area contributed by atoms with Gasteiger partial charge in [-0.1, -0.05) is 23.2 Å². The van der Waals surface area contributed by atoms with Gasteiger partial charge in [0, 0.05) is 12.7 Å². The fraction of sp³-hybridized carbons (Fsp3) is 0.0667. The highest BCUT2D eigenvalue weighted by Crippen LogP contribution is 2.35. The highest BCUT2D eigenvalue weighted by molar-refractivity contribution is 9.11. The average molecular weight is 481 g/mol. The van der Waals surface area contributed by atoms with Gasteiger partial charge in [-0.3, -0.25) is 9.10 Å². The lowest BCUT2D eigenvalue weighted by Crippen LogP contribution is -2.26. The van der Waals surface area contributed by atoms with Crippen LogP contribution >= 0.6 is 62.6 Å². The molecule has 25 heavy (non-hydrogen) atoms. The number of rotatable bonds is 3. The van der Waals surface area contributed by atoms with Gasteiger partial charge in [0.2, 0.25) is 0 Å². The zero-order valence-corrected chi connectivity index (χ0v) is 17.2. The van der Waals surface area contributed by atoms with Crippen LogP contribution in [0.25, 0.3) is 0 Å². The quantitative estimate of drug-likeness (QED) is 0.566. The van der Waals surface area contributed by atoms with Crippen LogP contribution in [0.15, 0.2) is 44.2 Å². The van der Waals surface area contributed by atoms with Crippen LogP contribution in [-0.4, -0.2) is 23.0 Å². The van der Waals surface area contributed by atoms with E-state index in [4.69, 9.17) is 23.2 Å². The fourth-order valence-electron chi connectivity index (χ4n) is 1.96. The number of thiophene rings is 1. The number of hydrogen-bond acceptors (Lipinski definition) is 5. The number of nitrogens with one attached hydrogen (secondary N) is 1. The predicted molar refractivity (Wildman–Crippen MR) is 107 cm³/mol. The topological polar surface area (TPSA) is 44.7 Å². The van der Waals surface area contributed by atoms with Crippen LogP contribution in [0.2, 0.25) is 10.0 Å². The van der Waals surface area contributed by atoms with Gasteiger partial charge in [-0.15, -0.1) is 11.3 Å². The number of benzene rings is 1. The molecule has 2 heterocycles. The predicted octanol–water partition coefficient (Wildman–Crippen LogP) is 5.78. The number of allylic oxidation sites excluding steroid dienone is 1. The van der Waals surface area contributed by atoms with Crippen molar-refractivity contribution in [2.24, 2.45) is 4.40 Å². The van der Waals surface area contributed by atoms with Crippen molar-refractivity contribution in [1.29, 1.82) is 0 Å². The van der Waals surface area contributed by atoms with Gasteiger partial charge >= 0.3 is 0 Å². The summed E-state index contributed by atoms with van der Waals surface area (Å²) in [6.07, 6.45) is 1.67. The molecule has 1 aliphatic heterocycles. The Kier molecular flexibility index (Phi) is 5.75. The first-order chi connectivity index (χ1) is 11.8. The highest BCUT2D eigenvalue weighted by atomic mass is 79.9. The third-order valence-electron chi connectivity index (χ3n) is 3.18. The normalized spacial score (nSPS) is 14.2. The zero-order valence-electron chi connectivity index (χ0n) is 12.5. The van der Waals surface area contributed by atoms with Gasteiger partial charge in [-0.2, -0.15) is 4.40 Å². The molecule has 0 saturated heterocycles. The summed E-state index contributed by atoms with van der Waals surface area (Å²) in [5.74, 6) is -0.898.